The number of halogens is 1. The van der Waals surface area contributed by atoms with Crippen molar-refractivity contribution in [1.29, 1.82) is 0 Å². The Hall–Kier alpha value is -1.73. The van der Waals surface area contributed by atoms with Gasteiger partial charge in [0.25, 0.3) is 11.6 Å². The predicted molar refractivity (Wildman–Crippen MR) is 85.7 cm³/mol. The Morgan fingerprint density at radius 2 is 2.19 bits per heavy atom. The number of nitrogens with one attached hydrogen (secondary N) is 1. The summed E-state index contributed by atoms with van der Waals surface area (Å²) in [6, 6.07) is 8.34. The summed E-state index contributed by atoms with van der Waals surface area (Å²) in [5, 5.41) is 15.7. The first kappa shape index (κ1) is 15.7. The van der Waals surface area contributed by atoms with Gasteiger partial charge >= 0.3 is 0 Å². The minimum atomic E-state index is -0.518. The van der Waals surface area contributed by atoms with E-state index in [4.69, 9.17) is 0 Å². The van der Waals surface area contributed by atoms with Crippen molar-refractivity contribution in [3.63, 3.8) is 0 Å². The molecule has 1 heterocycles. The number of nitrogens with zero attached hydrogens (tertiary/aromatic N) is 1. The molecule has 0 radical (unpaired) electrons. The maximum Gasteiger partial charge on any atom is 0.284 e. The molecule has 1 aromatic carbocycles. The second-order valence-electron chi connectivity index (χ2n) is 4.55. The molecule has 0 saturated carbocycles. The van der Waals surface area contributed by atoms with Crippen LogP contribution in [0, 0.1) is 10.1 Å². The summed E-state index contributed by atoms with van der Waals surface area (Å²) < 4.78 is 0.204. The van der Waals surface area contributed by atoms with Crippen LogP contribution in [0.3, 0.4) is 0 Å². The van der Waals surface area contributed by atoms with Gasteiger partial charge in [-0.15, -0.1) is 11.3 Å². The molecule has 7 heteroatoms. The molecule has 1 amide bonds. The van der Waals surface area contributed by atoms with Gasteiger partial charge in [-0.2, -0.15) is 0 Å². The number of amides is 1. The number of benzene rings is 1. The van der Waals surface area contributed by atoms with Crippen LogP contribution in [0.4, 0.5) is 5.69 Å². The van der Waals surface area contributed by atoms with E-state index in [1.807, 2.05) is 24.4 Å². The van der Waals surface area contributed by atoms with Gasteiger partial charge in [0, 0.05) is 23.4 Å². The van der Waals surface area contributed by atoms with Crippen LogP contribution in [0.1, 0.15) is 22.2 Å². The number of rotatable bonds is 5. The Labute approximate surface area is 134 Å². The van der Waals surface area contributed by atoms with Crippen molar-refractivity contribution >= 4 is 38.9 Å². The molecule has 2 aromatic rings. The van der Waals surface area contributed by atoms with E-state index in [1.165, 1.54) is 17.0 Å². The fourth-order valence-electron chi connectivity index (χ4n) is 1.92. The van der Waals surface area contributed by atoms with E-state index in [0.29, 0.717) is 0 Å². The van der Waals surface area contributed by atoms with Gasteiger partial charge in [0.2, 0.25) is 0 Å². The van der Waals surface area contributed by atoms with Gasteiger partial charge in [-0.1, -0.05) is 12.1 Å². The second kappa shape index (κ2) is 6.82. The molecule has 1 unspecified atom stereocenters. The van der Waals surface area contributed by atoms with Crippen LogP contribution in [-0.4, -0.2) is 16.9 Å². The lowest BCUT2D eigenvalue weighted by Crippen LogP contribution is -2.34. The zero-order valence-corrected chi connectivity index (χ0v) is 13.6. The summed E-state index contributed by atoms with van der Waals surface area (Å²) in [4.78, 5) is 23.8. The number of carbonyl (C=O) groups is 1. The van der Waals surface area contributed by atoms with E-state index in [2.05, 4.69) is 21.2 Å². The van der Waals surface area contributed by atoms with Crippen molar-refractivity contribution < 1.29 is 9.72 Å². The van der Waals surface area contributed by atoms with Crippen LogP contribution in [0.15, 0.2) is 40.2 Å². The molecule has 21 heavy (non-hydrogen) atoms. The minimum absolute atomic E-state index is 0.0534. The first-order valence-corrected chi connectivity index (χ1v) is 7.92. The number of thiophene rings is 1. The highest BCUT2D eigenvalue weighted by Crippen LogP contribution is 2.28. The Kier molecular flexibility index (Phi) is 5.08. The topological polar surface area (TPSA) is 72.2 Å². The molecule has 0 aliphatic heterocycles. The van der Waals surface area contributed by atoms with Crippen LogP contribution in [0.2, 0.25) is 0 Å². The van der Waals surface area contributed by atoms with Gasteiger partial charge in [-0.3, -0.25) is 14.9 Å². The van der Waals surface area contributed by atoms with Crippen molar-refractivity contribution in [1.82, 2.24) is 5.32 Å². The van der Waals surface area contributed by atoms with Crippen LogP contribution < -0.4 is 5.32 Å². The normalized spacial score (nSPS) is 11.9. The largest absolute Gasteiger partial charge is 0.349 e. The zero-order chi connectivity index (χ0) is 15.4. The number of nitro benzene ring substituents is 1. The highest BCUT2D eigenvalue weighted by molar-refractivity contribution is 9.10. The van der Waals surface area contributed by atoms with E-state index in [1.54, 1.807) is 17.4 Å². The third kappa shape index (κ3) is 3.89. The maximum absolute atomic E-state index is 12.2. The molecule has 0 fully saturated rings. The molecule has 110 valence electrons. The van der Waals surface area contributed by atoms with E-state index < -0.39 is 4.92 Å². The monoisotopic (exact) mass is 368 g/mol. The average molecular weight is 369 g/mol. The second-order valence-corrected chi connectivity index (χ2v) is 6.38. The molecular formula is C14H13BrN2O3S. The number of hydrogen-bond donors (Lipinski definition) is 1. The van der Waals surface area contributed by atoms with E-state index in [-0.39, 0.29) is 27.7 Å². The van der Waals surface area contributed by atoms with Crippen molar-refractivity contribution in [2.45, 2.75) is 19.4 Å². The molecule has 0 saturated heterocycles. The molecule has 0 aliphatic rings. The van der Waals surface area contributed by atoms with Gasteiger partial charge < -0.3 is 5.32 Å². The molecule has 0 aliphatic carbocycles. The Morgan fingerprint density at radius 3 is 2.81 bits per heavy atom. The number of nitro groups is 1. The Bertz CT molecular complexity index is 658. The molecular weight excluding hydrogens is 356 g/mol. The van der Waals surface area contributed by atoms with Crippen molar-refractivity contribution in [3.8, 4) is 0 Å². The third-order valence-corrected chi connectivity index (χ3v) is 4.62. The summed E-state index contributed by atoms with van der Waals surface area (Å²) >= 11 is 4.77. The highest BCUT2D eigenvalue weighted by Gasteiger charge is 2.20. The average Bonchev–Trinajstić information content (AvgIpc) is 2.91. The highest BCUT2D eigenvalue weighted by atomic mass is 79.9. The summed E-state index contributed by atoms with van der Waals surface area (Å²) in [6.45, 7) is 1.91. The van der Waals surface area contributed by atoms with Crippen LogP contribution in [0.25, 0.3) is 0 Å². The first-order valence-electron chi connectivity index (χ1n) is 6.25. The molecule has 1 aromatic heterocycles. The maximum atomic E-state index is 12.2. The van der Waals surface area contributed by atoms with Crippen molar-refractivity contribution in [2.75, 3.05) is 0 Å². The summed E-state index contributed by atoms with van der Waals surface area (Å²) in [7, 11) is 0. The Balaban J connectivity index is 2.10. The molecule has 0 spiro atoms. The molecule has 0 bridgehead atoms. The van der Waals surface area contributed by atoms with Gasteiger partial charge in [0.05, 0.1) is 10.5 Å². The smallest absolute Gasteiger partial charge is 0.284 e. The van der Waals surface area contributed by atoms with E-state index in [0.717, 1.165) is 6.42 Å². The van der Waals surface area contributed by atoms with Gasteiger partial charge in [0.1, 0.15) is 4.47 Å². The number of carbonyl (C=O) groups excluding carboxylic acids is 1. The first-order chi connectivity index (χ1) is 9.99. The molecule has 1 N–H and O–H groups in total. The molecule has 5 nitrogen and oxygen atoms in total. The number of hydrogen-bond acceptors (Lipinski definition) is 4. The minimum Gasteiger partial charge on any atom is -0.349 e. The van der Waals surface area contributed by atoms with Gasteiger partial charge in [0.15, 0.2) is 0 Å². The lowest BCUT2D eigenvalue weighted by Gasteiger charge is -2.13. The fraction of sp³-hybridized carbons (Fsp3) is 0.214. The van der Waals surface area contributed by atoms with Crippen molar-refractivity contribution in [3.05, 3.63) is 60.7 Å². The Morgan fingerprint density at radius 1 is 1.43 bits per heavy atom. The summed E-state index contributed by atoms with van der Waals surface area (Å²) in [6.07, 6.45) is 0.732. The van der Waals surface area contributed by atoms with Crippen molar-refractivity contribution in [2.24, 2.45) is 0 Å². The lowest BCUT2D eigenvalue weighted by atomic mass is 10.1. The molecule has 2 rings (SSSR count). The zero-order valence-electron chi connectivity index (χ0n) is 11.2. The summed E-state index contributed by atoms with van der Waals surface area (Å²) in [5.41, 5.74) is 0.149. The predicted octanol–water partition coefficient (Wildman–Crippen LogP) is 3.78. The van der Waals surface area contributed by atoms with Gasteiger partial charge in [-0.05, 0) is 40.4 Å². The molecule has 1 atom stereocenters. The van der Waals surface area contributed by atoms with E-state index >= 15 is 0 Å². The standard InChI is InChI=1S/C14H13BrN2O3S/c1-9(8-10-4-3-7-21-10)16-14(18)11-5-2-6-12(13(11)15)17(19)20/h2-7,9H,8H2,1H3,(H,16,18). The summed E-state index contributed by atoms with van der Waals surface area (Å²) in [5.74, 6) is -0.324. The lowest BCUT2D eigenvalue weighted by molar-refractivity contribution is -0.385. The van der Waals surface area contributed by atoms with Crippen LogP contribution in [0.5, 0.6) is 0 Å². The fourth-order valence-corrected chi connectivity index (χ4v) is 3.34. The third-order valence-electron chi connectivity index (χ3n) is 2.88. The van der Waals surface area contributed by atoms with Crippen LogP contribution >= 0.6 is 27.3 Å². The quantitative estimate of drug-likeness (QED) is 0.644. The SMILES string of the molecule is CC(Cc1cccs1)NC(=O)c1cccc([N+](=O)[O-])c1Br. The van der Waals surface area contributed by atoms with Crippen LogP contribution in [-0.2, 0) is 6.42 Å². The van der Waals surface area contributed by atoms with Gasteiger partial charge in [-0.25, -0.2) is 0 Å². The van der Waals surface area contributed by atoms with E-state index in [9.17, 15) is 14.9 Å².